The molecule has 1 rings (SSSR count). The van der Waals surface area contributed by atoms with Gasteiger partial charge < -0.3 is 5.32 Å². The fourth-order valence-corrected chi connectivity index (χ4v) is 2.14. The summed E-state index contributed by atoms with van der Waals surface area (Å²) in [5, 5.41) is 2.97. The monoisotopic (exact) mass is 257 g/mol. The van der Waals surface area contributed by atoms with E-state index < -0.39 is 0 Å². The van der Waals surface area contributed by atoms with Crippen molar-refractivity contribution in [1.82, 2.24) is 5.32 Å². The Morgan fingerprint density at radius 2 is 1.95 bits per heavy atom. The van der Waals surface area contributed by atoms with Gasteiger partial charge in [-0.1, -0.05) is 57.7 Å². The summed E-state index contributed by atoms with van der Waals surface area (Å²) in [4.78, 5) is 11.6. The summed E-state index contributed by atoms with van der Waals surface area (Å²) in [5.74, 6) is -0.157. The highest BCUT2D eigenvalue weighted by Crippen LogP contribution is 2.31. The van der Waals surface area contributed by atoms with Crippen LogP contribution in [0.5, 0.6) is 0 Å². The SMILES string of the molecule is C=CCC(NC(=O)C=C)c1ccccc1C(C)(C)C. The van der Waals surface area contributed by atoms with Gasteiger partial charge in [0.05, 0.1) is 6.04 Å². The molecule has 1 atom stereocenters. The third-order valence-corrected chi connectivity index (χ3v) is 3.05. The lowest BCUT2D eigenvalue weighted by Crippen LogP contribution is -2.28. The van der Waals surface area contributed by atoms with Gasteiger partial charge in [0.2, 0.25) is 5.91 Å². The molecule has 0 spiro atoms. The molecule has 0 bridgehead atoms. The van der Waals surface area contributed by atoms with Gasteiger partial charge in [-0.05, 0) is 29.0 Å². The number of carbonyl (C=O) groups is 1. The summed E-state index contributed by atoms with van der Waals surface area (Å²) in [5.41, 5.74) is 2.42. The second-order valence-electron chi connectivity index (χ2n) is 5.63. The van der Waals surface area contributed by atoms with E-state index in [9.17, 15) is 4.79 Å². The normalized spacial score (nSPS) is 12.6. The molecular weight excluding hydrogens is 234 g/mol. The van der Waals surface area contributed by atoms with E-state index in [2.05, 4.69) is 51.4 Å². The van der Waals surface area contributed by atoms with Crippen molar-refractivity contribution >= 4 is 5.91 Å². The maximum Gasteiger partial charge on any atom is 0.243 e. The van der Waals surface area contributed by atoms with Crippen LogP contribution in [0.4, 0.5) is 0 Å². The lowest BCUT2D eigenvalue weighted by molar-refractivity contribution is -0.117. The maximum atomic E-state index is 11.6. The highest BCUT2D eigenvalue weighted by molar-refractivity contribution is 5.87. The summed E-state index contributed by atoms with van der Waals surface area (Å²) in [6.07, 6.45) is 3.83. The number of amides is 1. The van der Waals surface area contributed by atoms with Gasteiger partial charge in [0.25, 0.3) is 0 Å². The molecule has 1 amide bonds. The molecule has 102 valence electrons. The molecular formula is C17H23NO. The molecule has 0 aromatic heterocycles. The second-order valence-corrected chi connectivity index (χ2v) is 5.63. The first-order chi connectivity index (χ1) is 8.90. The zero-order valence-corrected chi connectivity index (χ0v) is 12.1. The summed E-state index contributed by atoms with van der Waals surface area (Å²) in [7, 11) is 0. The molecule has 0 heterocycles. The van der Waals surface area contributed by atoms with Crippen LogP contribution < -0.4 is 5.32 Å². The van der Waals surface area contributed by atoms with Crippen molar-refractivity contribution in [2.75, 3.05) is 0 Å². The van der Waals surface area contributed by atoms with Crippen molar-refractivity contribution in [3.8, 4) is 0 Å². The third-order valence-electron chi connectivity index (χ3n) is 3.05. The van der Waals surface area contributed by atoms with Crippen LogP contribution >= 0.6 is 0 Å². The zero-order valence-electron chi connectivity index (χ0n) is 12.1. The number of benzene rings is 1. The van der Waals surface area contributed by atoms with Crippen LogP contribution in [0.1, 0.15) is 44.4 Å². The number of nitrogens with one attached hydrogen (secondary N) is 1. The van der Waals surface area contributed by atoms with Crippen LogP contribution in [0.15, 0.2) is 49.6 Å². The molecule has 0 aliphatic carbocycles. The number of rotatable bonds is 5. The number of carbonyl (C=O) groups excluding carboxylic acids is 1. The minimum absolute atomic E-state index is 0.0366. The van der Waals surface area contributed by atoms with Gasteiger partial charge in [0.15, 0.2) is 0 Å². The smallest absolute Gasteiger partial charge is 0.243 e. The molecule has 1 N–H and O–H groups in total. The predicted molar refractivity (Wildman–Crippen MR) is 81.0 cm³/mol. The second kappa shape index (κ2) is 6.37. The van der Waals surface area contributed by atoms with Gasteiger partial charge in [-0.2, -0.15) is 0 Å². The molecule has 1 aromatic rings. The molecule has 0 saturated carbocycles. The van der Waals surface area contributed by atoms with E-state index in [-0.39, 0.29) is 17.4 Å². The largest absolute Gasteiger partial charge is 0.345 e. The van der Waals surface area contributed by atoms with Crippen molar-refractivity contribution in [3.05, 3.63) is 60.7 Å². The van der Waals surface area contributed by atoms with Crippen LogP contribution in [0.3, 0.4) is 0 Å². The number of hydrogen-bond acceptors (Lipinski definition) is 1. The van der Waals surface area contributed by atoms with Gasteiger partial charge in [0, 0.05) is 0 Å². The topological polar surface area (TPSA) is 29.1 Å². The standard InChI is InChI=1S/C17H23NO/c1-6-10-15(18-16(19)7-2)13-11-8-9-12-14(13)17(3,4)5/h6-9,11-12,15H,1-2,10H2,3-5H3,(H,18,19). The summed E-state index contributed by atoms with van der Waals surface area (Å²) in [6.45, 7) is 13.8. The highest BCUT2D eigenvalue weighted by Gasteiger charge is 2.22. The Hall–Kier alpha value is -1.83. The molecule has 0 radical (unpaired) electrons. The molecule has 0 saturated heterocycles. The van der Waals surface area contributed by atoms with E-state index in [1.54, 1.807) is 0 Å². The third kappa shape index (κ3) is 4.09. The Bertz CT molecular complexity index is 468. The fourth-order valence-electron chi connectivity index (χ4n) is 2.14. The average Bonchev–Trinajstić information content (AvgIpc) is 2.37. The van der Waals surface area contributed by atoms with Crippen molar-refractivity contribution in [1.29, 1.82) is 0 Å². The van der Waals surface area contributed by atoms with Gasteiger partial charge in [-0.3, -0.25) is 4.79 Å². The maximum absolute atomic E-state index is 11.6. The molecule has 0 fully saturated rings. The Balaban J connectivity index is 3.18. The summed E-state index contributed by atoms with van der Waals surface area (Å²) in [6, 6.07) is 8.16. The summed E-state index contributed by atoms with van der Waals surface area (Å²) < 4.78 is 0. The molecule has 2 nitrogen and oxygen atoms in total. The van der Waals surface area contributed by atoms with E-state index in [4.69, 9.17) is 0 Å². The molecule has 2 heteroatoms. The minimum Gasteiger partial charge on any atom is -0.345 e. The van der Waals surface area contributed by atoms with Crippen LogP contribution in [-0.4, -0.2) is 5.91 Å². The Morgan fingerprint density at radius 3 is 2.47 bits per heavy atom. The predicted octanol–water partition coefficient (Wildman–Crippen LogP) is 3.90. The minimum atomic E-state index is -0.157. The van der Waals surface area contributed by atoms with E-state index in [0.29, 0.717) is 6.42 Å². The first-order valence-corrected chi connectivity index (χ1v) is 6.53. The Kier molecular flexibility index (Phi) is 5.11. The van der Waals surface area contributed by atoms with Crippen LogP contribution in [0.25, 0.3) is 0 Å². The van der Waals surface area contributed by atoms with Crippen molar-refractivity contribution in [3.63, 3.8) is 0 Å². The van der Waals surface area contributed by atoms with Crippen LogP contribution in [-0.2, 0) is 10.2 Å². The lowest BCUT2D eigenvalue weighted by atomic mass is 9.81. The highest BCUT2D eigenvalue weighted by atomic mass is 16.1. The Labute approximate surface area is 116 Å². The van der Waals surface area contributed by atoms with E-state index in [1.807, 2.05) is 18.2 Å². The zero-order chi connectivity index (χ0) is 14.5. The number of hydrogen-bond donors (Lipinski definition) is 1. The first-order valence-electron chi connectivity index (χ1n) is 6.53. The Morgan fingerprint density at radius 1 is 1.32 bits per heavy atom. The molecule has 1 aromatic carbocycles. The fraction of sp³-hybridized carbons (Fsp3) is 0.353. The molecule has 0 aliphatic heterocycles. The van der Waals surface area contributed by atoms with Crippen molar-refractivity contribution in [2.24, 2.45) is 0 Å². The van der Waals surface area contributed by atoms with Gasteiger partial charge in [-0.15, -0.1) is 6.58 Å². The van der Waals surface area contributed by atoms with Gasteiger partial charge in [-0.25, -0.2) is 0 Å². The van der Waals surface area contributed by atoms with Gasteiger partial charge in [0.1, 0.15) is 0 Å². The van der Waals surface area contributed by atoms with Gasteiger partial charge >= 0.3 is 0 Å². The molecule has 1 unspecified atom stereocenters. The van der Waals surface area contributed by atoms with E-state index in [1.165, 1.54) is 11.6 Å². The quantitative estimate of drug-likeness (QED) is 0.629. The van der Waals surface area contributed by atoms with Crippen LogP contribution in [0, 0.1) is 0 Å². The molecule has 19 heavy (non-hydrogen) atoms. The first kappa shape index (κ1) is 15.2. The van der Waals surface area contributed by atoms with Crippen molar-refractivity contribution in [2.45, 2.75) is 38.6 Å². The summed E-state index contributed by atoms with van der Waals surface area (Å²) >= 11 is 0. The van der Waals surface area contributed by atoms with E-state index >= 15 is 0 Å². The van der Waals surface area contributed by atoms with Crippen molar-refractivity contribution < 1.29 is 4.79 Å². The van der Waals surface area contributed by atoms with E-state index in [0.717, 1.165) is 5.56 Å². The van der Waals surface area contributed by atoms with Crippen LogP contribution in [0.2, 0.25) is 0 Å². The molecule has 0 aliphatic rings. The lowest BCUT2D eigenvalue weighted by Gasteiger charge is -2.27. The average molecular weight is 257 g/mol.